The van der Waals surface area contributed by atoms with Crippen molar-refractivity contribution >= 4 is 23.2 Å². The lowest BCUT2D eigenvalue weighted by Crippen LogP contribution is -2.21. The van der Waals surface area contributed by atoms with Crippen LogP contribution < -0.4 is 10.1 Å². The SMILES string of the molecule is CCNCc1cc(Cl)cc(Cl)c1OC1CCCCC1. The molecule has 1 aromatic carbocycles. The quantitative estimate of drug-likeness (QED) is 0.842. The van der Waals surface area contributed by atoms with Crippen molar-refractivity contribution in [3.63, 3.8) is 0 Å². The highest BCUT2D eigenvalue weighted by molar-refractivity contribution is 6.35. The highest BCUT2D eigenvalue weighted by atomic mass is 35.5. The van der Waals surface area contributed by atoms with Gasteiger partial charge in [0.15, 0.2) is 0 Å². The molecule has 1 saturated carbocycles. The first-order valence-corrected chi connectivity index (χ1v) is 7.81. The third-order valence-electron chi connectivity index (χ3n) is 3.49. The van der Waals surface area contributed by atoms with Gasteiger partial charge >= 0.3 is 0 Å². The van der Waals surface area contributed by atoms with Crippen LogP contribution in [0, 0.1) is 0 Å². The normalized spacial score (nSPS) is 16.6. The Morgan fingerprint density at radius 1 is 1.21 bits per heavy atom. The van der Waals surface area contributed by atoms with Gasteiger partial charge in [-0.25, -0.2) is 0 Å². The van der Waals surface area contributed by atoms with E-state index in [9.17, 15) is 0 Å². The summed E-state index contributed by atoms with van der Waals surface area (Å²) in [5, 5.41) is 4.58. The van der Waals surface area contributed by atoms with Crippen LogP contribution >= 0.6 is 23.2 Å². The second-order valence-electron chi connectivity index (χ2n) is 5.03. The zero-order valence-electron chi connectivity index (χ0n) is 11.3. The van der Waals surface area contributed by atoms with E-state index >= 15 is 0 Å². The first-order chi connectivity index (χ1) is 9.20. The van der Waals surface area contributed by atoms with Gasteiger partial charge in [-0.15, -0.1) is 0 Å². The highest BCUT2D eigenvalue weighted by Gasteiger charge is 2.18. The number of benzene rings is 1. The molecule has 0 amide bonds. The maximum atomic E-state index is 6.30. The van der Waals surface area contributed by atoms with E-state index in [0.717, 1.165) is 37.2 Å². The molecule has 1 aliphatic carbocycles. The summed E-state index contributed by atoms with van der Waals surface area (Å²) in [4.78, 5) is 0. The summed E-state index contributed by atoms with van der Waals surface area (Å²) < 4.78 is 6.14. The molecule has 0 unspecified atom stereocenters. The molecular weight excluding hydrogens is 281 g/mol. The molecule has 2 rings (SSSR count). The van der Waals surface area contributed by atoms with E-state index in [4.69, 9.17) is 27.9 Å². The number of rotatable bonds is 5. The Labute approximate surface area is 125 Å². The Balaban J connectivity index is 2.15. The van der Waals surface area contributed by atoms with Crippen molar-refractivity contribution < 1.29 is 4.74 Å². The minimum Gasteiger partial charge on any atom is -0.489 e. The van der Waals surface area contributed by atoms with Crippen LogP contribution in [-0.4, -0.2) is 12.6 Å². The predicted molar refractivity (Wildman–Crippen MR) is 81.3 cm³/mol. The van der Waals surface area contributed by atoms with Crippen molar-refractivity contribution in [3.05, 3.63) is 27.7 Å². The van der Waals surface area contributed by atoms with Crippen molar-refractivity contribution in [3.8, 4) is 5.75 Å². The van der Waals surface area contributed by atoms with Gasteiger partial charge in [-0.3, -0.25) is 0 Å². The molecule has 4 heteroatoms. The van der Waals surface area contributed by atoms with Crippen LogP contribution in [0.2, 0.25) is 10.0 Å². The van der Waals surface area contributed by atoms with Gasteiger partial charge in [-0.1, -0.05) is 36.5 Å². The molecule has 0 aromatic heterocycles. The summed E-state index contributed by atoms with van der Waals surface area (Å²) in [6.07, 6.45) is 6.36. The molecular formula is C15H21Cl2NO. The van der Waals surface area contributed by atoms with E-state index in [1.54, 1.807) is 6.07 Å². The Hall–Kier alpha value is -0.440. The zero-order chi connectivity index (χ0) is 13.7. The molecule has 0 bridgehead atoms. The number of halogens is 2. The summed E-state index contributed by atoms with van der Waals surface area (Å²) in [6, 6.07) is 3.70. The number of ether oxygens (including phenoxy) is 1. The summed E-state index contributed by atoms with van der Waals surface area (Å²) in [5.74, 6) is 0.805. The van der Waals surface area contributed by atoms with Gasteiger partial charge in [0.05, 0.1) is 11.1 Å². The molecule has 0 aliphatic heterocycles. The Morgan fingerprint density at radius 2 is 1.95 bits per heavy atom. The standard InChI is InChI=1S/C15H21Cl2NO/c1-2-18-10-11-8-12(16)9-14(17)15(11)19-13-6-4-3-5-7-13/h8-9,13,18H,2-7,10H2,1H3. The van der Waals surface area contributed by atoms with Crippen molar-refractivity contribution in [2.24, 2.45) is 0 Å². The fourth-order valence-electron chi connectivity index (χ4n) is 2.49. The second kappa shape index (κ2) is 7.37. The molecule has 2 nitrogen and oxygen atoms in total. The predicted octanol–water partition coefficient (Wildman–Crippen LogP) is 4.81. The smallest absolute Gasteiger partial charge is 0.142 e. The first-order valence-electron chi connectivity index (χ1n) is 7.06. The average molecular weight is 302 g/mol. The second-order valence-corrected chi connectivity index (χ2v) is 5.88. The Kier molecular flexibility index (Phi) is 5.80. The minimum absolute atomic E-state index is 0.299. The monoisotopic (exact) mass is 301 g/mol. The molecule has 106 valence electrons. The van der Waals surface area contributed by atoms with Gasteiger partial charge in [0, 0.05) is 17.1 Å². The van der Waals surface area contributed by atoms with Crippen LogP contribution in [0.4, 0.5) is 0 Å². The van der Waals surface area contributed by atoms with Crippen LogP contribution in [0.1, 0.15) is 44.6 Å². The van der Waals surface area contributed by atoms with E-state index < -0.39 is 0 Å². The van der Waals surface area contributed by atoms with Gasteiger partial charge in [0.1, 0.15) is 5.75 Å². The lowest BCUT2D eigenvalue weighted by atomic mass is 9.97. The van der Waals surface area contributed by atoms with Crippen molar-refractivity contribution in [1.29, 1.82) is 0 Å². The topological polar surface area (TPSA) is 21.3 Å². The van der Waals surface area contributed by atoms with Gasteiger partial charge in [0.25, 0.3) is 0 Å². The average Bonchev–Trinajstić information content (AvgIpc) is 2.41. The van der Waals surface area contributed by atoms with Crippen LogP contribution in [0.15, 0.2) is 12.1 Å². The Bertz CT molecular complexity index is 417. The van der Waals surface area contributed by atoms with Crippen LogP contribution in [0.5, 0.6) is 5.75 Å². The van der Waals surface area contributed by atoms with E-state index in [2.05, 4.69) is 12.2 Å². The fraction of sp³-hybridized carbons (Fsp3) is 0.600. The van der Waals surface area contributed by atoms with Crippen LogP contribution in [0.3, 0.4) is 0 Å². The molecule has 0 atom stereocenters. The third-order valence-corrected chi connectivity index (χ3v) is 3.99. The van der Waals surface area contributed by atoms with E-state index in [0.29, 0.717) is 16.1 Å². The Morgan fingerprint density at radius 3 is 2.63 bits per heavy atom. The summed E-state index contributed by atoms with van der Waals surface area (Å²) in [7, 11) is 0. The molecule has 1 N–H and O–H groups in total. The molecule has 1 aromatic rings. The van der Waals surface area contributed by atoms with E-state index in [-0.39, 0.29) is 0 Å². The van der Waals surface area contributed by atoms with Crippen molar-refractivity contribution in [2.45, 2.75) is 51.7 Å². The lowest BCUT2D eigenvalue weighted by Gasteiger charge is -2.25. The molecule has 0 spiro atoms. The van der Waals surface area contributed by atoms with Gasteiger partial charge in [-0.05, 0) is 44.4 Å². The molecule has 19 heavy (non-hydrogen) atoms. The maximum absolute atomic E-state index is 6.30. The largest absolute Gasteiger partial charge is 0.489 e. The highest BCUT2D eigenvalue weighted by Crippen LogP contribution is 2.35. The van der Waals surface area contributed by atoms with Gasteiger partial charge in [-0.2, -0.15) is 0 Å². The van der Waals surface area contributed by atoms with E-state index in [1.807, 2.05) is 6.07 Å². The third kappa shape index (κ3) is 4.27. The van der Waals surface area contributed by atoms with Gasteiger partial charge < -0.3 is 10.1 Å². The number of hydrogen-bond acceptors (Lipinski definition) is 2. The van der Waals surface area contributed by atoms with Crippen molar-refractivity contribution in [2.75, 3.05) is 6.54 Å². The van der Waals surface area contributed by atoms with Crippen LogP contribution in [-0.2, 0) is 6.54 Å². The molecule has 0 saturated heterocycles. The number of nitrogens with one attached hydrogen (secondary N) is 1. The van der Waals surface area contributed by atoms with Gasteiger partial charge in [0.2, 0.25) is 0 Å². The number of hydrogen-bond donors (Lipinski definition) is 1. The molecule has 0 heterocycles. The molecule has 1 fully saturated rings. The fourth-order valence-corrected chi connectivity index (χ4v) is 3.07. The lowest BCUT2D eigenvalue weighted by molar-refractivity contribution is 0.153. The zero-order valence-corrected chi connectivity index (χ0v) is 12.9. The molecule has 0 radical (unpaired) electrons. The first kappa shape index (κ1) is 15.0. The summed E-state index contributed by atoms with van der Waals surface area (Å²) in [6.45, 7) is 3.72. The summed E-state index contributed by atoms with van der Waals surface area (Å²) in [5.41, 5.74) is 1.05. The summed E-state index contributed by atoms with van der Waals surface area (Å²) >= 11 is 12.4. The minimum atomic E-state index is 0.299. The molecule has 1 aliphatic rings. The maximum Gasteiger partial charge on any atom is 0.142 e. The van der Waals surface area contributed by atoms with Crippen molar-refractivity contribution in [1.82, 2.24) is 5.32 Å². The van der Waals surface area contributed by atoms with E-state index in [1.165, 1.54) is 19.3 Å². The van der Waals surface area contributed by atoms with Crippen LogP contribution in [0.25, 0.3) is 0 Å².